The Bertz CT molecular complexity index is 1120. The first-order chi connectivity index (χ1) is 14.1. The quantitative estimate of drug-likeness (QED) is 0.429. The molecule has 1 aliphatic rings. The van der Waals surface area contributed by atoms with Crippen molar-refractivity contribution in [1.82, 2.24) is 0 Å². The highest BCUT2D eigenvalue weighted by Crippen LogP contribution is 2.47. The highest BCUT2D eigenvalue weighted by Gasteiger charge is 2.32. The molecule has 1 aliphatic heterocycles. The van der Waals surface area contributed by atoms with Crippen LogP contribution in [0.2, 0.25) is 5.02 Å². The molecule has 0 saturated heterocycles. The normalized spacial score (nSPS) is 16.7. The Morgan fingerprint density at radius 1 is 1.00 bits per heavy atom. The molecule has 0 fully saturated rings. The first-order valence-electron chi connectivity index (χ1n) is 8.95. The third-order valence-electron chi connectivity index (χ3n) is 4.82. The van der Waals surface area contributed by atoms with E-state index in [1.807, 2.05) is 42.5 Å². The Balaban J connectivity index is 1.91. The minimum atomic E-state index is -2.16. The summed E-state index contributed by atoms with van der Waals surface area (Å²) in [6, 6.07) is 21.8. The van der Waals surface area contributed by atoms with Gasteiger partial charge >= 0.3 is 0 Å². The summed E-state index contributed by atoms with van der Waals surface area (Å²) in [4.78, 5) is 12.2. The summed E-state index contributed by atoms with van der Waals surface area (Å²) in [5.74, 6) is 0.546. The predicted molar refractivity (Wildman–Crippen MR) is 113 cm³/mol. The molecule has 4 nitrogen and oxygen atoms in total. The van der Waals surface area contributed by atoms with Crippen LogP contribution in [0.3, 0.4) is 0 Å². The smallest absolute Gasteiger partial charge is 0.139 e. The Labute approximate surface area is 176 Å². The molecule has 0 radical (unpaired) electrons. The minimum absolute atomic E-state index is 0.0582. The summed E-state index contributed by atoms with van der Waals surface area (Å²) in [7, 11) is 0. The van der Waals surface area contributed by atoms with Gasteiger partial charge in [0.05, 0.1) is 5.92 Å². The molecule has 0 N–H and O–H groups in total. The van der Waals surface area contributed by atoms with E-state index in [1.165, 1.54) is 0 Å². The van der Waals surface area contributed by atoms with Crippen LogP contribution >= 0.6 is 11.6 Å². The lowest BCUT2D eigenvalue weighted by molar-refractivity contribution is -0.108. The van der Waals surface area contributed by atoms with Crippen molar-refractivity contribution < 1.29 is 18.3 Å². The maximum absolute atomic E-state index is 12.2. The summed E-state index contributed by atoms with van der Waals surface area (Å²) >= 11 is 4.31. The van der Waals surface area contributed by atoms with Crippen molar-refractivity contribution in [1.29, 1.82) is 0 Å². The first kappa shape index (κ1) is 19.6. The number of allylic oxidation sites excluding steroid dienone is 1. The molecule has 0 aromatic heterocycles. The van der Waals surface area contributed by atoms with Crippen LogP contribution in [0.25, 0.3) is 11.3 Å². The van der Waals surface area contributed by atoms with Crippen LogP contribution in [-0.2, 0) is 21.6 Å². The minimum Gasteiger partial charge on any atom is -0.772 e. The van der Waals surface area contributed by atoms with Gasteiger partial charge in [-0.15, -0.1) is 0 Å². The molecule has 2 unspecified atom stereocenters. The second-order valence-corrected chi connectivity index (χ2v) is 7.92. The number of fused-ring (bicyclic) bond motifs is 1. The number of benzene rings is 3. The maximum atomic E-state index is 12.2. The van der Waals surface area contributed by atoms with Gasteiger partial charge in [-0.05, 0) is 17.7 Å². The molecular weight excluding hydrogens is 408 g/mol. The standard InChI is InChI=1S/C23H17ClO4S/c24-20-7-3-1-6-18(20)22-19(13-25)17-5-2-4-8-21(17)28-23(22)16-11-9-15(10-12-16)14-29(26)27/h1-13,19H,14H2,(H,26,27)/p-1. The molecule has 4 rings (SSSR count). The van der Waals surface area contributed by atoms with Crippen LogP contribution in [0.1, 0.15) is 28.2 Å². The van der Waals surface area contributed by atoms with E-state index in [1.54, 1.807) is 30.3 Å². The van der Waals surface area contributed by atoms with Gasteiger partial charge in [0.25, 0.3) is 0 Å². The van der Waals surface area contributed by atoms with Crippen molar-refractivity contribution in [3.63, 3.8) is 0 Å². The van der Waals surface area contributed by atoms with E-state index < -0.39 is 17.0 Å². The van der Waals surface area contributed by atoms with E-state index in [4.69, 9.17) is 16.3 Å². The van der Waals surface area contributed by atoms with Gasteiger partial charge in [-0.3, -0.25) is 4.21 Å². The summed E-state index contributed by atoms with van der Waals surface area (Å²) < 4.78 is 28.2. The molecule has 6 heteroatoms. The topological polar surface area (TPSA) is 66.4 Å². The van der Waals surface area contributed by atoms with Crippen molar-refractivity contribution in [3.8, 4) is 5.75 Å². The van der Waals surface area contributed by atoms with Gasteiger partial charge in [0.1, 0.15) is 17.8 Å². The molecule has 146 valence electrons. The van der Waals surface area contributed by atoms with Crippen molar-refractivity contribution in [2.24, 2.45) is 0 Å². The fourth-order valence-electron chi connectivity index (χ4n) is 3.51. The molecule has 1 heterocycles. The molecule has 3 aromatic carbocycles. The van der Waals surface area contributed by atoms with Crippen molar-refractivity contribution >= 4 is 40.3 Å². The molecule has 0 spiro atoms. The maximum Gasteiger partial charge on any atom is 0.139 e. The molecule has 3 aromatic rings. The van der Waals surface area contributed by atoms with Crippen molar-refractivity contribution in [2.75, 3.05) is 0 Å². The monoisotopic (exact) mass is 423 g/mol. The Morgan fingerprint density at radius 3 is 2.38 bits per heavy atom. The van der Waals surface area contributed by atoms with Crippen LogP contribution in [0, 0.1) is 0 Å². The summed E-state index contributed by atoms with van der Waals surface area (Å²) in [6.07, 6.45) is 0.898. The third kappa shape index (κ3) is 3.90. The van der Waals surface area contributed by atoms with Crippen LogP contribution in [-0.4, -0.2) is 15.0 Å². The number of halogens is 1. The van der Waals surface area contributed by atoms with Gasteiger partial charge in [-0.2, -0.15) is 0 Å². The average Bonchev–Trinajstić information content (AvgIpc) is 2.73. The van der Waals surface area contributed by atoms with Gasteiger partial charge in [-0.25, -0.2) is 0 Å². The van der Waals surface area contributed by atoms with Gasteiger partial charge in [0.2, 0.25) is 0 Å². The van der Waals surface area contributed by atoms with E-state index in [2.05, 4.69) is 0 Å². The predicted octanol–water partition coefficient (Wildman–Crippen LogP) is 4.96. The molecule has 29 heavy (non-hydrogen) atoms. The highest BCUT2D eigenvalue weighted by atomic mass is 35.5. The number of hydrogen-bond donors (Lipinski definition) is 0. The van der Waals surface area contributed by atoms with E-state index >= 15 is 0 Å². The lowest BCUT2D eigenvalue weighted by atomic mass is 9.83. The van der Waals surface area contributed by atoms with E-state index in [9.17, 15) is 13.6 Å². The molecule has 0 bridgehead atoms. The van der Waals surface area contributed by atoms with Crippen molar-refractivity contribution in [3.05, 3.63) is 100 Å². The van der Waals surface area contributed by atoms with Gasteiger partial charge < -0.3 is 14.1 Å². The zero-order chi connectivity index (χ0) is 20.4. The molecule has 0 aliphatic carbocycles. The summed E-state index contributed by atoms with van der Waals surface area (Å²) in [5.41, 5.74) is 3.59. The molecule has 0 amide bonds. The fourth-order valence-corrected chi connectivity index (χ4v) is 4.21. The third-order valence-corrected chi connectivity index (χ3v) is 5.72. The molecule has 2 atom stereocenters. The lowest BCUT2D eigenvalue weighted by Gasteiger charge is -2.29. The number of rotatable bonds is 5. The van der Waals surface area contributed by atoms with Crippen molar-refractivity contribution in [2.45, 2.75) is 11.7 Å². The first-order valence-corrected chi connectivity index (χ1v) is 10.6. The van der Waals surface area contributed by atoms with Gasteiger partial charge in [0, 0.05) is 33.0 Å². The number of ether oxygens (including phenoxy) is 1. The van der Waals surface area contributed by atoms with Crippen LogP contribution in [0.5, 0.6) is 5.75 Å². The number of carbonyl (C=O) groups excluding carboxylic acids is 1. The van der Waals surface area contributed by atoms with E-state index in [-0.39, 0.29) is 5.75 Å². The Morgan fingerprint density at radius 2 is 1.69 bits per heavy atom. The lowest BCUT2D eigenvalue weighted by Crippen LogP contribution is -2.16. The van der Waals surface area contributed by atoms with E-state index in [0.29, 0.717) is 27.7 Å². The van der Waals surface area contributed by atoms with Crippen LogP contribution in [0.15, 0.2) is 72.8 Å². The number of carbonyl (C=O) groups is 1. The second-order valence-electron chi connectivity index (χ2n) is 6.62. The van der Waals surface area contributed by atoms with E-state index in [0.717, 1.165) is 23.0 Å². The average molecular weight is 424 g/mol. The second kappa shape index (κ2) is 8.33. The zero-order valence-electron chi connectivity index (χ0n) is 15.2. The Hall–Kier alpha value is -2.73. The zero-order valence-corrected chi connectivity index (χ0v) is 16.8. The number of hydrogen-bond acceptors (Lipinski definition) is 4. The fraction of sp³-hybridized carbons (Fsp3) is 0.0870. The molecule has 0 saturated carbocycles. The largest absolute Gasteiger partial charge is 0.772 e. The number of aldehydes is 1. The van der Waals surface area contributed by atoms with Gasteiger partial charge in [0.15, 0.2) is 0 Å². The number of para-hydroxylation sites is 1. The van der Waals surface area contributed by atoms with Crippen LogP contribution in [0.4, 0.5) is 0 Å². The summed E-state index contributed by atoms with van der Waals surface area (Å²) in [6.45, 7) is 0. The van der Waals surface area contributed by atoms with Gasteiger partial charge in [-0.1, -0.05) is 83.3 Å². The SMILES string of the molecule is O=CC1C(c2ccccc2Cl)=C(c2ccc(CS(=O)[O-])cc2)Oc2ccccc21. The molecular formula is C23H16ClO4S-. The summed E-state index contributed by atoms with van der Waals surface area (Å²) in [5, 5.41) is 0.521. The highest BCUT2D eigenvalue weighted by molar-refractivity contribution is 7.78. The van der Waals surface area contributed by atoms with Crippen LogP contribution < -0.4 is 4.74 Å². The Kier molecular flexibility index (Phi) is 5.62.